The van der Waals surface area contributed by atoms with E-state index in [0.29, 0.717) is 5.56 Å². The van der Waals surface area contributed by atoms with Crippen molar-refractivity contribution in [1.82, 2.24) is 10.2 Å². The molecule has 148 valence electrons. The molecule has 28 heavy (non-hydrogen) atoms. The van der Waals surface area contributed by atoms with Gasteiger partial charge in [-0.1, -0.05) is 6.07 Å². The average molecular weight is 390 g/mol. The summed E-state index contributed by atoms with van der Waals surface area (Å²) >= 11 is 0. The highest BCUT2D eigenvalue weighted by atomic mass is 16.5. The van der Waals surface area contributed by atoms with Crippen molar-refractivity contribution in [2.45, 2.75) is 13.0 Å². The van der Waals surface area contributed by atoms with Gasteiger partial charge in [-0.2, -0.15) is 0 Å². The molecule has 0 unspecified atom stereocenters. The van der Waals surface area contributed by atoms with Gasteiger partial charge in [-0.05, 0) is 17.7 Å². The van der Waals surface area contributed by atoms with Crippen LogP contribution in [0.25, 0.3) is 0 Å². The summed E-state index contributed by atoms with van der Waals surface area (Å²) in [6, 6.07) is 4.16. The van der Waals surface area contributed by atoms with Crippen molar-refractivity contribution < 1.29 is 33.8 Å². The summed E-state index contributed by atoms with van der Waals surface area (Å²) in [6.45, 7) is -0.626. The minimum Gasteiger partial charge on any atom is -0.506 e. The van der Waals surface area contributed by atoms with Gasteiger partial charge in [0.25, 0.3) is 11.8 Å². The first kappa shape index (κ1) is 20.4. The molecular formula is C17H18N4O7. The number of hydrogen-bond acceptors (Lipinski definition) is 7. The number of aromatic hydroxyl groups is 1. The standard InChI is InChI=1S/C17H18N4O7/c18-17(27)28-9-10-1-2-12(22)11(7-10)20-14(24)8-19-13(23)5-6-21-15(25)3-4-16(21)26/h1-4,7,22H,5-6,8-9H2,(H2,18,27)(H,19,23)(H,20,24). The fourth-order valence-electron chi connectivity index (χ4n) is 2.25. The summed E-state index contributed by atoms with van der Waals surface area (Å²) in [5.74, 6) is -2.36. The van der Waals surface area contributed by atoms with E-state index in [-0.39, 0.29) is 37.6 Å². The second kappa shape index (κ2) is 9.16. The van der Waals surface area contributed by atoms with Crippen molar-refractivity contribution in [3.05, 3.63) is 35.9 Å². The summed E-state index contributed by atoms with van der Waals surface area (Å²) in [4.78, 5) is 58.0. The maximum Gasteiger partial charge on any atom is 0.404 e. The maximum absolute atomic E-state index is 11.9. The predicted octanol–water partition coefficient (Wildman–Crippen LogP) is -0.643. The zero-order chi connectivity index (χ0) is 20.7. The first-order chi connectivity index (χ1) is 13.3. The van der Waals surface area contributed by atoms with Crippen LogP contribution in [-0.4, -0.2) is 52.8 Å². The van der Waals surface area contributed by atoms with Crippen LogP contribution in [0, 0.1) is 0 Å². The first-order valence-corrected chi connectivity index (χ1v) is 8.10. The zero-order valence-corrected chi connectivity index (χ0v) is 14.6. The van der Waals surface area contributed by atoms with E-state index in [1.165, 1.54) is 18.2 Å². The molecule has 5 amide bonds. The Morgan fingerprint density at radius 1 is 1.11 bits per heavy atom. The number of carbonyl (C=O) groups excluding carboxylic acids is 5. The smallest absolute Gasteiger partial charge is 0.404 e. The molecule has 0 saturated heterocycles. The fraction of sp³-hybridized carbons (Fsp3) is 0.235. The Labute approximate surface area is 159 Å². The number of amides is 5. The minimum atomic E-state index is -0.963. The number of hydrogen-bond donors (Lipinski definition) is 4. The van der Waals surface area contributed by atoms with E-state index in [4.69, 9.17) is 5.73 Å². The van der Waals surface area contributed by atoms with Gasteiger partial charge in [0.2, 0.25) is 11.8 Å². The van der Waals surface area contributed by atoms with Crippen molar-refractivity contribution in [3.63, 3.8) is 0 Å². The largest absolute Gasteiger partial charge is 0.506 e. The van der Waals surface area contributed by atoms with Crippen molar-refractivity contribution in [1.29, 1.82) is 0 Å². The number of ether oxygens (including phenoxy) is 1. The third kappa shape index (κ3) is 5.83. The molecule has 1 aromatic carbocycles. The van der Waals surface area contributed by atoms with E-state index in [0.717, 1.165) is 17.1 Å². The van der Waals surface area contributed by atoms with E-state index >= 15 is 0 Å². The molecular weight excluding hydrogens is 372 g/mol. The fourth-order valence-corrected chi connectivity index (χ4v) is 2.25. The SMILES string of the molecule is NC(=O)OCc1ccc(O)c(NC(=O)CNC(=O)CCN2C(=O)C=CC2=O)c1. The summed E-state index contributed by atoms with van der Waals surface area (Å²) in [5, 5.41) is 14.5. The van der Waals surface area contributed by atoms with Crippen molar-refractivity contribution in [2.75, 3.05) is 18.4 Å². The van der Waals surface area contributed by atoms with Gasteiger partial charge in [0.15, 0.2) is 0 Å². The number of primary amides is 1. The van der Waals surface area contributed by atoms with Crippen LogP contribution in [0.4, 0.5) is 10.5 Å². The lowest BCUT2D eigenvalue weighted by atomic mass is 10.2. The Kier molecular flexibility index (Phi) is 6.68. The number of phenolic OH excluding ortho intramolecular Hbond substituents is 1. The molecule has 0 aromatic heterocycles. The number of benzene rings is 1. The highest BCUT2D eigenvalue weighted by molar-refractivity contribution is 6.13. The molecule has 0 bridgehead atoms. The summed E-state index contributed by atoms with van der Waals surface area (Å²) in [6.07, 6.45) is 1.11. The Morgan fingerprint density at radius 2 is 1.79 bits per heavy atom. The van der Waals surface area contributed by atoms with Gasteiger partial charge in [-0.3, -0.25) is 24.1 Å². The molecule has 5 N–H and O–H groups in total. The van der Waals surface area contributed by atoms with Crippen LogP contribution in [0.5, 0.6) is 5.75 Å². The van der Waals surface area contributed by atoms with E-state index in [1.54, 1.807) is 0 Å². The second-order valence-electron chi connectivity index (χ2n) is 5.70. The lowest BCUT2D eigenvalue weighted by molar-refractivity contribution is -0.137. The molecule has 0 aliphatic carbocycles. The molecule has 0 atom stereocenters. The number of anilines is 1. The Balaban J connectivity index is 1.79. The van der Waals surface area contributed by atoms with Gasteiger partial charge in [0.1, 0.15) is 12.4 Å². The molecule has 11 heteroatoms. The molecule has 1 aliphatic rings. The molecule has 2 rings (SSSR count). The maximum atomic E-state index is 11.9. The van der Waals surface area contributed by atoms with Gasteiger partial charge in [-0.25, -0.2) is 4.79 Å². The second-order valence-corrected chi connectivity index (χ2v) is 5.70. The van der Waals surface area contributed by atoms with Gasteiger partial charge in [0, 0.05) is 25.1 Å². The molecule has 11 nitrogen and oxygen atoms in total. The molecule has 0 saturated carbocycles. The third-order valence-corrected chi connectivity index (χ3v) is 3.63. The van der Waals surface area contributed by atoms with Crippen LogP contribution in [0.3, 0.4) is 0 Å². The average Bonchev–Trinajstić information content (AvgIpc) is 2.96. The van der Waals surface area contributed by atoms with E-state index in [1.807, 2.05) is 0 Å². The molecule has 1 aliphatic heterocycles. The van der Waals surface area contributed by atoms with Crippen LogP contribution in [0.1, 0.15) is 12.0 Å². The lowest BCUT2D eigenvalue weighted by Gasteiger charge is -2.13. The highest BCUT2D eigenvalue weighted by Crippen LogP contribution is 2.24. The third-order valence-electron chi connectivity index (χ3n) is 3.63. The van der Waals surface area contributed by atoms with Crippen LogP contribution >= 0.6 is 0 Å². The van der Waals surface area contributed by atoms with E-state index < -0.39 is 29.7 Å². The quantitative estimate of drug-likeness (QED) is 0.338. The number of phenols is 1. The number of imide groups is 1. The lowest BCUT2D eigenvalue weighted by Crippen LogP contribution is -2.37. The number of carbonyl (C=O) groups is 5. The zero-order valence-electron chi connectivity index (χ0n) is 14.6. The molecule has 0 radical (unpaired) electrons. The monoisotopic (exact) mass is 390 g/mol. The highest BCUT2D eigenvalue weighted by Gasteiger charge is 2.23. The van der Waals surface area contributed by atoms with Crippen molar-refractivity contribution >= 4 is 35.4 Å². The van der Waals surface area contributed by atoms with Gasteiger partial charge >= 0.3 is 6.09 Å². The summed E-state index contributed by atoms with van der Waals surface area (Å²) in [5.41, 5.74) is 5.41. The van der Waals surface area contributed by atoms with Gasteiger partial charge in [0.05, 0.1) is 12.2 Å². The Hall–Kier alpha value is -3.89. The molecule has 1 aromatic rings. The normalized spacial score (nSPS) is 12.8. The van der Waals surface area contributed by atoms with Crippen molar-refractivity contribution in [2.24, 2.45) is 5.73 Å². The number of nitrogens with two attached hydrogens (primary N) is 1. The predicted molar refractivity (Wildman–Crippen MR) is 94.6 cm³/mol. The number of rotatable bonds is 8. The number of nitrogens with zero attached hydrogens (tertiary/aromatic N) is 1. The van der Waals surface area contributed by atoms with Gasteiger partial charge in [-0.15, -0.1) is 0 Å². The Morgan fingerprint density at radius 3 is 2.43 bits per heavy atom. The molecule has 1 heterocycles. The summed E-state index contributed by atoms with van der Waals surface area (Å²) < 4.78 is 4.62. The van der Waals surface area contributed by atoms with Crippen molar-refractivity contribution in [3.8, 4) is 5.75 Å². The van der Waals surface area contributed by atoms with E-state index in [2.05, 4.69) is 15.4 Å². The van der Waals surface area contributed by atoms with Crippen LogP contribution < -0.4 is 16.4 Å². The minimum absolute atomic E-state index is 0.0594. The summed E-state index contributed by atoms with van der Waals surface area (Å²) in [7, 11) is 0. The van der Waals surface area contributed by atoms with Crippen LogP contribution in [0.15, 0.2) is 30.4 Å². The topological polar surface area (TPSA) is 168 Å². The number of nitrogens with one attached hydrogen (secondary N) is 2. The van der Waals surface area contributed by atoms with Gasteiger partial charge < -0.3 is 26.2 Å². The van der Waals surface area contributed by atoms with Crippen LogP contribution in [0.2, 0.25) is 0 Å². The van der Waals surface area contributed by atoms with E-state index in [9.17, 15) is 29.1 Å². The molecule has 0 fully saturated rings. The first-order valence-electron chi connectivity index (χ1n) is 8.10. The van der Waals surface area contributed by atoms with Crippen LogP contribution in [-0.2, 0) is 30.5 Å². The molecule has 0 spiro atoms. The Bertz CT molecular complexity index is 832.